The molecule has 0 radical (unpaired) electrons. The number of fused-ring (bicyclic) bond motifs is 6. The van der Waals surface area contributed by atoms with E-state index in [0.717, 1.165) is 71.8 Å². The molecular formula is C34H21N3O. The van der Waals surface area contributed by atoms with Crippen LogP contribution in [0.4, 0.5) is 0 Å². The first-order valence-corrected chi connectivity index (χ1v) is 12.7. The number of rotatable bonds is 3. The normalized spacial score (nSPS) is 11.7. The third-order valence-electron chi connectivity index (χ3n) is 7.25. The molecule has 3 aromatic heterocycles. The lowest BCUT2D eigenvalue weighted by atomic mass is 9.95. The van der Waals surface area contributed by atoms with Crippen LogP contribution in [0, 0.1) is 0 Å². The molecule has 0 spiro atoms. The number of furan rings is 1. The number of nitrogens with one attached hydrogen (secondary N) is 1. The molecule has 0 aliphatic carbocycles. The van der Waals surface area contributed by atoms with Gasteiger partial charge in [0.2, 0.25) is 0 Å². The van der Waals surface area contributed by atoms with E-state index in [1.807, 2.05) is 42.5 Å². The molecule has 38 heavy (non-hydrogen) atoms. The number of hydrogen-bond acceptors (Lipinski definition) is 3. The molecule has 8 aromatic rings. The fourth-order valence-electron chi connectivity index (χ4n) is 5.50. The quantitative estimate of drug-likeness (QED) is 0.270. The molecule has 0 aliphatic rings. The molecule has 0 bridgehead atoms. The average molecular weight is 488 g/mol. The number of aromatic amines is 1. The molecule has 0 atom stereocenters. The maximum absolute atomic E-state index is 6.11. The third-order valence-corrected chi connectivity index (χ3v) is 7.25. The van der Waals surface area contributed by atoms with Crippen molar-refractivity contribution in [2.75, 3.05) is 0 Å². The van der Waals surface area contributed by atoms with Crippen molar-refractivity contribution in [2.24, 2.45) is 0 Å². The van der Waals surface area contributed by atoms with Gasteiger partial charge in [-0.1, -0.05) is 91.0 Å². The zero-order chi connectivity index (χ0) is 25.1. The monoisotopic (exact) mass is 487 g/mol. The van der Waals surface area contributed by atoms with Gasteiger partial charge in [0.1, 0.15) is 11.2 Å². The van der Waals surface area contributed by atoms with Crippen LogP contribution in [0.1, 0.15) is 0 Å². The van der Waals surface area contributed by atoms with Gasteiger partial charge in [0.15, 0.2) is 5.82 Å². The molecule has 0 unspecified atom stereocenters. The van der Waals surface area contributed by atoms with Crippen molar-refractivity contribution in [3.05, 3.63) is 121 Å². The molecular weight excluding hydrogens is 466 g/mol. The van der Waals surface area contributed by atoms with Crippen molar-refractivity contribution in [1.82, 2.24) is 15.0 Å². The number of H-pyrrole nitrogens is 1. The van der Waals surface area contributed by atoms with Crippen LogP contribution in [0.2, 0.25) is 0 Å². The predicted octanol–water partition coefficient (Wildman–Crippen LogP) is 9.01. The van der Waals surface area contributed by atoms with Crippen LogP contribution in [0.15, 0.2) is 126 Å². The highest BCUT2D eigenvalue weighted by atomic mass is 16.3. The zero-order valence-corrected chi connectivity index (χ0v) is 20.3. The average Bonchev–Trinajstić information content (AvgIpc) is 3.58. The highest BCUT2D eigenvalue weighted by Gasteiger charge is 2.18. The number of nitrogens with zero attached hydrogens (tertiary/aromatic N) is 2. The summed E-state index contributed by atoms with van der Waals surface area (Å²) in [4.78, 5) is 13.8. The van der Waals surface area contributed by atoms with E-state index in [2.05, 4.69) is 83.8 Å². The van der Waals surface area contributed by atoms with Crippen LogP contribution in [-0.4, -0.2) is 15.0 Å². The molecule has 0 saturated heterocycles. The molecule has 0 saturated carbocycles. The van der Waals surface area contributed by atoms with Gasteiger partial charge in [0.25, 0.3) is 0 Å². The molecule has 8 rings (SSSR count). The van der Waals surface area contributed by atoms with Crippen molar-refractivity contribution in [3.8, 4) is 33.9 Å². The number of benzene rings is 5. The lowest BCUT2D eigenvalue weighted by Crippen LogP contribution is -1.96. The molecule has 3 heterocycles. The Labute approximate surface area is 218 Å². The number of para-hydroxylation sites is 2. The first kappa shape index (κ1) is 20.9. The molecule has 1 N–H and O–H groups in total. The second-order valence-corrected chi connectivity index (χ2v) is 9.51. The summed E-state index contributed by atoms with van der Waals surface area (Å²) in [5.41, 5.74) is 8.87. The standard InChI is InChI=1S/C34H21N3O/c1-2-10-21(11-3-1)23-12-4-5-13-24(23)33-25-14-6-8-16-27(25)36-34(37-33)28-20-22-18-19-30-31(32(22)35-28)26-15-7-9-17-29(26)38-30/h1-20,35H. The summed E-state index contributed by atoms with van der Waals surface area (Å²) in [7, 11) is 0. The Kier molecular flexibility index (Phi) is 4.49. The summed E-state index contributed by atoms with van der Waals surface area (Å²) in [6.45, 7) is 0. The summed E-state index contributed by atoms with van der Waals surface area (Å²) in [5.74, 6) is 0.665. The van der Waals surface area contributed by atoms with Crippen molar-refractivity contribution in [1.29, 1.82) is 0 Å². The fourth-order valence-corrected chi connectivity index (χ4v) is 5.50. The molecule has 5 aromatic carbocycles. The topological polar surface area (TPSA) is 54.7 Å². The van der Waals surface area contributed by atoms with Gasteiger partial charge in [-0.3, -0.25) is 0 Å². The minimum Gasteiger partial charge on any atom is -0.456 e. The molecule has 0 fully saturated rings. The van der Waals surface area contributed by atoms with Crippen LogP contribution in [0.5, 0.6) is 0 Å². The second-order valence-electron chi connectivity index (χ2n) is 9.51. The molecule has 4 nitrogen and oxygen atoms in total. The summed E-state index contributed by atoms with van der Waals surface area (Å²) in [6, 6.07) is 41.6. The highest BCUT2D eigenvalue weighted by molar-refractivity contribution is 6.18. The van der Waals surface area contributed by atoms with E-state index in [1.165, 1.54) is 0 Å². The van der Waals surface area contributed by atoms with E-state index in [4.69, 9.17) is 14.4 Å². The maximum Gasteiger partial charge on any atom is 0.177 e. The van der Waals surface area contributed by atoms with Gasteiger partial charge in [-0.25, -0.2) is 9.97 Å². The van der Waals surface area contributed by atoms with Crippen LogP contribution < -0.4 is 0 Å². The first-order chi connectivity index (χ1) is 18.8. The Morgan fingerprint density at radius 3 is 2.21 bits per heavy atom. The highest BCUT2D eigenvalue weighted by Crippen LogP contribution is 2.38. The Balaban J connectivity index is 1.39. The molecule has 4 heteroatoms. The van der Waals surface area contributed by atoms with E-state index in [0.29, 0.717) is 5.82 Å². The van der Waals surface area contributed by atoms with Gasteiger partial charge in [-0.15, -0.1) is 0 Å². The summed E-state index contributed by atoms with van der Waals surface area (Å²) >= 11 is 0. The third kappa shape index (κ3) is 3.17. The first-order valence-electron chi connectivity index (χ1n) is 12.7. The Hall–Kier alpha value is -5.22. The number of aromatic nitrogens is 3. The van der Waals surface area contributed by atoms with Gasteiger partial charge in [0, 0.05) is 21.7 Å². The van der Waals surface area contributed by atoms with Crippen LogP contribution in [0.3, 0.4) is 0 Å². The number of hydrogen-bond donors (Lipinski definition) is 1. The lowest BCUT2D eigenvalue weighted by molar-refractivity contribution is 0.669. The van der Waals surface area contributed by atoms with Gasteiger partial charge >= 0.3 is 0 Å². The van der Waals surface area contributed by atoms with E-state index >= 15 is 0 Å². The van der Waals surface area contributed by atoms with Gasteiger partial charge in [-0.2, -0.15) is 0 Å². The van der Waals surface area contributed by atoms with E-state index in [1.54, 1.807) is 0 Å². The Morgan fingerprint density at radius 2 is 1.32 bits per heavy atom. The van der Waals surface area contributed by atoms with E-state index in [9.17, 15) is 0 Å². The van der Waals surface area contributed by atoms with Crippen molar-refractivity contribution in [3.63, 3.8) is 0 Å². The van der Waals surface area contributed by atoms with E-state index < -0.39 is 0 Å². The van der Waals surface area contributed by atoms with Gasteiger partial charge in [-0.05, 0) is 41.5 Å². The summed E-state index contributed by atoms with van der Waals surface area (Å²) in [6.07, 6.45) is 0. The largest absolute Gasteiger partial charge is 0.456 e. The zero-order valence-electron chi connectivity index (χ0n) is 20.3. The maximum atomic E-state index is 6.11. The van der Waals surface area contributed by atoms with Crippen LogP contribution in [-0.2, 0) is 0 Å². The summed E-state index contributed by atoms with van der Waals surface area (Å²) in [5, 5.41) is 4.30. The Bertz CT molecular complexity index is 2140. The van der Waals surface area contributed by atoms with Crippen molar-refractivity contribution in [2.45, 2.75) is 0 Å². The Morgan fingerprint density at radius 1 is 0.579 bits per heavy atom. The van der Waals surface area contributed by atoms with Crippen LogP contribution in [0.25, 0.3) is 77.6 Å². The fraction of sp³-hybridized carbons (Fsp3) is 0. The molecule has 0 amide bonds. The van der Waals surface area contributed by atoms with Crippen LogP contribution >= 0.6 is 0 Å². The minimum absolute atomic E-state index is 0.665. The minimum atomic E-state index is 0.665. The van der Waals surface area contributed by atoms with Crippen molar-refractivity contribution < 1.29 is 4.42 Å². The van der Waals surface area contributed by atoms with Crippen molar-refractivity contribution >= 4 is 43.7 Å². The van der Waals surface area contributed by atoms with E-state index in [-0.39, 0.29) is 0 Å². The SMILES string of the molecule is c1ccc(-c2ccccc2-c2nc(-c3cc4ccc5oc6ccccc6c5c4[nH]3)nc3ccccc23)cc1. The van der Waals surface area contributed by atoms with Gasteiger partial charge in [0.05, 0.1) is 27.8 Å². The molecule has 178 valence electrons. The van der Waals surface area contributed by atoms with Gasteiger partial charge < -0.3 is 9.40 Å². The lowest BCUT2D eigenvalue weighted by Gasteiger charge is -2.13. The predicted molar refractivity (Wildman–Crippen MR) is 155 cm³/mol. The molecule has 0 aliphatic heterocycles. The second kappa shape index (κ2) is 8.15. The summed E-state index contributed by atoms with van der Waals surface area (Å²) < 4.78 is 6.11. The smallest absolute Gasteiger partial charge is 0.177 e.